The molecule has 18 N–H and O–H groups in total. The van der Waals surface area contributed by atoms with Crippen molar-refractivity contribution in [2.75, 3.05) is 26.2 Å². The van der Waals surface area contributed by atoms with E-state index >= 15 is 0 Å². The first kappa shape index (κ1) is 34.7. The van der Waals surface area contributed by atoms with Crippen LogP contribution in [0.2, 0.25) is 0 Å². The van der Waals surface area contributed by atoms with Gasteiger partial charge in [0.05, 0.1) is 43.1 Å². The topological polar surface area (TPSA) is 320 Å². The molecule has 0 aromatic heterocycles. The second kappa shape index (κ2) is 14.5. The maximum Gasteiger partial charge on any atom is 0.252 e. The van der Waals surface area contributed by atoms with Gasteiger partial charge in [-0.1, -0.05) is 0 Å². The Balaban J connectivity index is 1.56. The molecule has 0 radical (unpaired) electrons. The Labute approximate surface area is 250 Å². The minimum absolute atomic E-state index is 0.0513. The summed E-state index contributed by atoms with van der Waals surface area (Å²) in [4.78, 5) is 13.1. The molecule has 4 aliphatic rings. The summed E-state index contributed by atoms with van der Waals surface area (Å²) in [5.41, 5.74) is 28.6. The second-order valence-corrected chi connectivity index (χ2v) is 12.6. The van der Waals surface area contributed by atoms with Crippen LogP contribution < -0.4 is 39.3 Å². The minimum atomic E-state index is -1.69. The first-order chi connectivity index (χ1) is 20.3. The Bertz CT molecular complexity index is 918. The van der Waals surface area contributed by atoms with E-state index in [1.54, 1.807) is 0 Å². The Kier molecular flexibility index (Phi) is 11.7. The highest BCUT2D eigenvalue weighted by atomic mass is 16.7. The summed E-state index contributed by atoms with van der Waals surface area (Å²) in [6.07, 6.45) is -9.63. The highest BCUT2D eigenvalue weighted by Crippen LogP contribution is 2.38. The number of nitrogens with two attached hydrogens (primary N) is 5. The summed E-state index contributed by atoms with van der Waals surface area (Å²) in [5, 5.41) is 69.7. The van der Waals surface area contributed by atoms with Crippen LogP contribution in [-0.2, 0) is 19.0 Å². The summed E-state index contributed by atoms with van der Waals surface area (Å²) in [6.45, 7) is 0.814. The fraction of sp³-hybridized carbons (Fsp3) is 0.962. The van der Waals surface area contributed by atoms with Crippen LogP contribution in [0.1, 0.15) is 32.1 Å². The normalized spacial score (nSPS) is 48.9. The number of hydrogen-bond donors (Lipinski definition) is 13. The molecule has 4 fully saturated rings. The third kappa shape index (κ3) is 7.48. The zero-order valence-electron chi connectivity index (χ0n) is 24.2. The number of hydrogen-bond acceptors (Lipinski definition) is 16. The smallest absolute Gasteiger partial charge is 0.252 e. The van der Waals surface area contributed by atoms with Gasteiger partial charge in [0.15, 0.2) is 6.29 Å². The van der Waals surface area contributed by atoms with E-state index in [1.165, 1.54) is 0 Å². The van der Waals surface area contributed by atoms with Crippen LogP contribution in [0.15, 0.2) is 0 Å². The van der Waals surface area contributed by atoms with Gasteiger partial charge in [0, 0.05) is 43.4 Å². The molecule has 43 heavy (non-hydrogen) atoms. The zero-order valence-corrected chi connectivity index (χ0v) is 24.2. The SMILES string of the molecule is NCCCNC[C@H]1O[C@H](C2[C@@H](N)C[C@@H](NC(=O)C3(O)CC(N)C3)[C@H](O[C@H]3O[C@H](CO)[C@@H](O)[C@H](N)[C@H]3O)[C@H]2O)[C@H](N)C[C@@H]1O. The summed E-state index contributed by atoms with van der Waals surface area (Å²) < 4.78 is 17.9. The van der Waals surface area contributed by atoms with Crippen LogP contribution in [-0.4, -0.2) is 154 Å². The lowest BCUT2D eigenvalue weighted by Gasteiger charge is -2.52. The van der Waals surface area contributed by atoms with Gasteiger partial charge >= 0.3 is 0 Å². The summed E-state index contributed by atoms with van der Waals surface area (Å²) in [5.74, 6) is -1.56. The van der Waals surface area contributed by atoms with E-state index < -0.39 is 103 Å². The Morgan fingerprint density at radius 3 is 2.28 bits per heavy atom. The number of nitrogens with one attached hydrogen (secondary N) is 2. The van der Waals surface area contributed by atoms with E-state index in [9.17, 15) is 35.4 Å². The van der Waals surface area contributed by atoms with Crippen LogP contribution in [0.3, 0.4) is 0 Å². The first-order valence-electron chi connectivity index (χ1n) is 15.1. The van der Waals surface area contributed by atoms with Gasteiger partial charge in [-0.05, 0) is 32.4 Å². The van der Waals surface area contributed by atoms with Crippen molar-refractivity contribution >= 4 is 5.91 Å². The molecule has 2 saturated carbocycles. The van der Waals surface area contributed by atoms with Gasteiger partial charge < -0.3 is 84.2 Å². The van der Waals surface area contributed by atoms with Gasteiger partial charge in [-0.25, -0.2) is 0 Å². The molecule has 1 unspecified atom stereocenters. The van der Waals surface area contributed by atoms with Crippen LogP contribution in [0.25, 0.3) is 0 Å². The molecule has 4 rings (SSSR count). The van der Waals surface area contributed by atoms with Crippen molar-refractivity contribution in [3.05, 3.63) is 0 Å². The molecule has 0 aromatic carbocycles. The molecular formula is C26H51N7O10. The molecule has 0 bridgehead atoms. The molecule has 17 nitrogen and oxygen atoms in total. The minimum Gasteiger partial charge on any atom is -0.394 e. The molecular weight excluding hydrogens is 570 g/mol. The number of aliphatic hydroxyl groups excluding tert-OH is 5. The number of amides is 1. The predicted octanol–water partition coefficient (Wildman–Crippen LogP) is -7.03. The van der Waals surface area contributed by atoms with Crippen LogP contribution in [0.4, 0.5) is 0 Å². The van der Waals surface area contributed by atoms with E-state index in [0.29, 0.717) is 19.6 Å². The second-order valence-electron chi connectivity index (χ2n) is 12.6. The molecule has 2 aliphatic carbocycles. The van der Waals surface area contributed by atoms with Crippen LogP contribution >= 0.6 is 0 Å². The van der Waals surface area contributed by atoms with Crippen LogP contribution in [0, 0.1) is 5.92 Å². The average molecular weight is 622 g/mol. The van der Waals surface area contributed by atoms with Gasteiger partial charge in [0.2, 0.25) is 0 Å². The van der Waals surface area contributed by atoms with Gasteiger partial charge in [-0.3, -0.25) is 4.79 Å². The lowest BCUT2D eigenvalue weighted by atomic mass is 9.71. The lowest BCUT2D eigenvalue weighted by Crippen LogP contribution is -2.71. The van der Waals surface area contributed by atoms with E-state index in [0.717, 1.165) is 6.42 Å². The number of carbonyl (C=O) groups is 1. The molecule has 14 atom stereocenters. The molecule has 2 aliphatic heterocycles. The summed E-state index contributed by atoms with van der Waals surface area (Å²) in [7, 11) is 0. The highest BCUT2D eigenvalue weighted by molar-refractivity contribution is 5.86. The van der Waals surface area contributed by atoms with Crippen molar-refractivity contribution in [2.24, 2.45) is 34.6 Å². The number of carbonyl (C=O) groups excluding carboxylic acids is 1. The van der Waals surface area contributed by atoms with Crippen molar-refractivity contribution in [1.29, 1.82) is 0 Å². The number of ether oxygens (including phenoxy) is 3. The van der Waals surface area contributed by atoms with Crippen molar-refractivity contribution in [3.63, 3.8) is 0 Å². The highest BCUT2D eigenvalue weighted by Gasteiger charge is 2.55. The molecule has 250 valence electrons. The molecule has 1 amide bonds. The fourth-order valence-electron chi connectivity index (χ4n) is 6.72. The van der Waals surface area contributed by atoms with Gasteiger partial charge in [0.25, 0.3) is 5.91 Å². The van der Waals surface area contributed by atoms with Crippen molar-refractivity contribution in [3.8, 4) is 0 Å². The maximum absolute atomic E-state index is 13.1. The number of aliphatic hydroxyl groups is 6. The standard InChI is InChI=1S/C26H51N7O10/c27-2-1-3-32-8-15-14(35)5-12(30)22(41-15)17-11(29)4-13(33-25(39)26(40)6-10(28)7-26)23(20(17)37)43-24-21(38)18(31)19(36)16(9-34)42-24/h10-24,32,34-38,40H,1-9,27-31H2,(H,33,39)/t10?,11-,12+,13+,14-,15+,16+,17?,18-,19+,20-,21+,22-,23-,24+,26?/m0/s1. The van der Waals surface area contributed by atoms with Crippen molar-refractivity contribution in [1.82, 2.24) is 10.6 Å². The lowest BCUT2D eigenvalue weighted by molar-refractivity contribution is -0.306. The van der Waals surface area contributed by atoms with E-state index in [4.69, 9.17) is 42.9 Å². The predicted molar refractivity (Wildman–Crippen MR) is 151 cm³/mol. The van der Waals surface area contributed by atoms with Gasteiger partial charge in [-0.2, -0.15) is 0 Å². The summed E-state index contributed by atoms with van der Waals surface area (Å²) >= 11 is 0. The molecule has 2 saturated heterocycles. The molecule has 0 aromatic rings. The van der Waals surface area contributed by atoms with Crippen molar-refractivity contribution < 1.29 is 49.6 Å². The fourth-order valence-corrected chi connectivity index (χ4v) is 6.72. The Morgan fingerprint density at radius 2 is 1.65 bits per heavy atom. The Morgan fingerprint density at radius 1 is 0.953 bits per heavy atom. The third-order valence-electron chi connectivity index (χ3n) is 9.29. The van der Waals surface area contributed by atoms with Crippen LogP contribution in [0.5, 0.6) is 0 Å². The quantitative estimate of drug-likeness (QED) is 0.0953. The zero-order chi connectivity index (χ0) is 31.6. The number of rotatable bonds is 11. The first-order valence-corrected chi connectivity index (χ1v) is 15.1. The molecule has 17 heteroatoms. The monoisotopic (exact) mass is 621 g/mol. The van der Waals surface area contributed by atoms with Gasteiger partial charge in [0.1, 0.15) is 30.0 Å². The van der Waals surface area contributed by atoms with E-state index in [1.807, 2.05) is 0 Å². The molecule has 0 spiro atoms. The van der Waals surface area contributed by atoms with Gasteiger partial charge in [-0.15, -0.1) is 0 Å². The summed E-state index contributed by atoms with van der Waals surface area (Å²) in [6, 6.07) is -4.03. The maximum atomic E-state index is 13.1. The third-order valence-corrected chi connectivity index (χ3v) is 9.29. The van der Waals surface area contributed by atoms with E-state index in [-0.39, 0.29) is 31.7 Å². The largest absolute Gasteiger partial charge is 0.394 e. The van der Waals surface area contributed by atoms with Crippen molar-refractivity contribution in [2.45, 2.75) is 123 Å². The Hall–Kier alpha value is -1.13. The molecule has 2 heterocycles. The van der Waals surface area contributed by atoms with E-state index in [2.05, 4.69) is 10.6 Å². The average Bonchev–Trinajstić information content (AvgIpc) is 2.94.